The molecule has 4 nitrogen and oxygen atoms in total. The summed E-state index contributed by atoms with van der Waals surface area (Å²) in [6, 6.07) is 12.0. The van der Waals surface area contributed by atoms with Crippen LogP contribution < -0.4 is 9.47 Å². The van der Waals surface area contributed by atoms with Gasteiger partial charge in [0, 0.05) is 22.4 Å². The first-order valence-corrected chi connectivity index (χ1v) is 11.6. The molecular weight excluding hydrogens is 470 g/mol. The van der Waals surface area contributed by atoms with Crippen LogP contribution in [0.4, 0.5) is 0 Å². The molecule has 7 heteroatoms. The summed E-state index contributed by atoms with van der Waals surface area (Å²) in [7, 11) is 3.28. The predicted octanol–water partition coefficient (Wildman–Crippen LogP) is 5.78. The van der Waals surface area contributed by atoms with E-state index in [-0.39, 0.29) is 11.9 Å². The largest absolute Gasteiger partial charge is 0.493 e. The molecule has 4 rings (SSSR count). The van der Waals surface area contributed by atoms with Gasteiger partial charge in [-0.25, -0.2) is 0 Å². The Morgan fingerprint density at radius 2 is 2.00 bits per heavy atom. The smallest absolute Gasteiger partial charge is 0.247 e. The van der Waals surface area contributed by atoms with E-state index in [0.717, 1.165) is 31.3 Å². The molecule has 0 saturated heterocycles. The van der Waals surface area contributed by atoms with Crippen LogP contribution in [0.2, 0.25) is 0 Å². The van der Waals surface area contributed by atoms with Crippen molar-refractivity contribution in [3.05, 3.63) is 72.5 Å². The summed E-state index contributed by atoms with van der Waals surface area (Å²) in [6.45, 7) is 0.655. The molecule has 150 valence electrons. The van der Waals surface area contributed by atoms with E-state index >= 15 is 0 Å². The number of hydrogen-bond acceptors (Lipinski definition) is 5. The van der Waals surface area contributed by atoms with Crippen LogP contribution in [0.15, 0.2) is 51.6 Å². The Hall–Kier alpha value is -2.09. The number of halogens is 1. The highest BCUT2D eigenvalue weighted by Gasteiger charge is 2.33. The van der Waals surface area contributed by atoms with E-state index in [9.17, 15) is 4.79 Å². The number of amides is 1. The standard InChI is InChI=1S/C22H20BrNO3S2/c1-26-17-12-14-9-10-24(21(25)8-6-15-5-7-20(23)29-15)22(19-4-3-11-28-19)16(14)13-18(17)27-2/h3-8,11-13,22H,9-10H2,1-2H3/b8-6+. The Morgan fingerprint density at radius 1 is 1.21 bits per heavy atom. The molecule has 3 heterocycles. The molecule has 0 aliphatic carbocycles. The Bertz CT molecular complexity index is 1040. The fourth-order valence-corrected chi connectivity index (χ4v) is 5.78. The van der Waals surface area contributed by atoms with Crippen LogP contribution >= 0.6 is 38.6 Å². The molecule has 1 atom stereocenters. The number of carbonyl (C=O) groups excluding carboxylic acids is 1. The van der Waals surface area contributed by atoms with Crippen molar-refractivity contribution in [2.45, 2.75) is 12.5 Å². The van der Waals surface area contributed by atoms with Gasteiger partial charge in [-0.15, -0.1) is 22.7 Å². The molecule has 1 amide bonds. The zero-order valence-electron chi connectivity index (χ0n) is 16.1. The summed E-state index contributed by atoms with van der Waals surface area (Å²) in [5, 5.41) is 2.05. The lowest BCUT2D eigenvalue weighted by Gasteiger charge is -2.37. The molecule has 0 bridgehead atoms. The first-order valence-electron chi connectivity index (χ1n) is 9.13. The number of benzene rings is 1. The summed E-state index contributed by atoms with van der Waals surface area (Å²) >= 11 is 6.73. The second-order valence-electron chi connectivity index (χ2n) is 6.58. The number of methoxy groups -OCH3 is 2. The van der Waals surface area contributed by atoms with Crippen LogP contribution in [0.1, 0.15) is 26.9 Å². The van der Waals surface area contributed by atoms with Crippen LogP contribution in [-0.2, 0) is 11.2 Å². The number of ether oxygens (including phenoxy) is 2. The SMILES string of the molecule is COc1cc2c(cc1OC)C(c1cccs1)N(C(=O)/C=C/c1ccc(Br)s1)CC2. The molecule has 0 spiro atoms. The van der Waals surface area contributed by atoms with Gasteiger partial charge in [0.25, 0.3) is 0 Å². The van der Waals surface area contributed by atoms with Gasteiger partial charge >= 0.3 is 0 Å². The van der Waals surface area contributed by atoms with Gasteiger partial charge in [-0.2, -0.15) is 0 Å². The van der Waals surface area contributed by atoms with Gasteiger partial charge in [0.2, 0.25) is 5.91 Å². The van der Waals surface area contributed by atoms with Crippen molar-refractivity contribution in [1.82, 2.24) is 4.90 Å². The Labute approximate surface area is 186 Å². The molecule has 1 aromatic carbocycles. The molecule has 3 aromatic rings. The van der Waals surface area contributed by atoms with Crippen LogP contribution in [0.5, 0.6) is 11.5 Å². The van der Waals surface area contributed by atoms with Crippen molar-refractivity contribution < 1.29 is 14.3 Å². The van der Waals surface area contributed by atoms with E-state index in [1.165, 1.54) is 5.56 Å². The van der Waals surface area contributed by atoms with Gasteiger partial charge < -0.3 is 14.4 Å². The topological polar surface area (TPSA) is 38.8 Å². The highest BCUT2D eigenvalue weighted by atomic mass is 79.9. The lowest BCUT2D eigenvalue weighted by Crippen LogP contribution is -2.39. The molecule has 0 saturated carbocycles. The zero-order valence-corrected chi connectivity index (χ0v) is 19.3. The molecule has 29 heavy (non-hydrogen) atoms. The van der Waals surface area contributed by atoms with Gasteiger partial charge in [0.1, 0.15) is 0 Å². The quantitative estimate of drug-likeness (QED) is 0.426. The first-order chi connectivity index (χ1) is 14.1. The Balaban J connectivity index is 1.72. The second-order valence-corrected chi connectivity index (χ2v) is 10.1. The minimum atomic E-state index is -0.134. The summed E-state index contributed by atoms with van der Waals surface area (Å²) in [5.41, 5.74) is 2.29. The predicted molar refractivity (Wildman–Crippen MR) is 122 cm³/mol. The molecule has 0 fully saturated rings. The highest BCUT2D eigenvalue weighted by molar-refractivity contribution is 9.11. The van der Waals surface area contributed by atoms with Crippen molar-refractivity contribution in [1.29, 1.82) is 0 Å². The summed E-state index contributed by atoms with van der Waals surface area (Å²) in [5.74, 6) is 1.41. The summed E-state index contributed by atoms with van der Waals surface area (Å²) in [6.07, 6.45) is 4.33. The average molecular weight is 490 g/mol. The third kappa shape index (κ3) is 4.13. The van der Waals surface area contributed by atoms with Crippen molar-refractivity contribution in [3.8, 4) is 11.5 Å². The van der Waals surface area contributed by atoms with Crippen LogP contribution in [0, 0.1) is 0 Å². The summed E-state index contributed by atoms with van der Waals surface area (Å²) < 4.78 is 12.1. The molecule has 0 N–H and O–H groups in total. The lowest BCUT2D eigenvalue weighted by molar-refractivity contribution is -0.127. The third-order valence-corrected chi connectivity index (χ3v) is 7.47. The van der Waals surface area contributed by atoms with Crippen molar-refractivity contribution in [2.24, 2.45) is 0 Å². The first kappa shape index (κ1) is 20.2. The van der Waals surface area contributed by atoms with Gasteiger partial charge in [-0.05, 0) is 75.3 Å². The Morgan fingerprint density at radius 3 is 2.66 bits per heavy atom. The van der Waals surface area contributed by atoms with Crippen molar-refractivity contribution in [3.63, 3.8) is 0 Å². The van der Waals surface area contributed by atoms with E-state index in [2.05, 4.69) is 22.0 Å². The average Bonchev–Trinajstić information content (AvgIpc) is 3.41. The van der Waals surface area contributed by atoms with Gasteiger partial charge in [-0.1, -0.05) is 6.07 Å². The van der Waals surface area contributed by atoms with E-state index < -0.39 is 0 Å². The molecule has 1 aliphatic rings. The normalized spacial score (nSPS) is 16.1. The zero-order chi connectivity index (χ0) is 20.4. The number of rotatable bonds is 5. The van der Waals surface area contributed by atoms with Crippen molar-refractivity contribution >= 4 is 50.6 Å². The lowest BCUT2D eigenvalue weighted by atomic mass is 9.90. The number of nitrogens with zero attached hydrogens (tertiary/aromatic N) is 1. The van der Waals surface area contributed by atoms with Crippen LogP contribution in [0.25, 0.3) is 6.08 Å². The van der Waals surface area contributed by atoms with Gasteiger partial charge in [-0.3, -0.25) is 4.79 Å². The minimum Gasteiger partial charge on any atom is -0.493 e. The van der Waals surface area contributed by atoms with E-state index in [4.69, 9.17) is 9.47 Å². The van der Waals surface area contributed by atoms with Crippen LogP contribution in [-0.4, -0.2) is 31.6 Å². The number of thiophene rings is 2. The monoisotopic (exact) mass is 489 g/mol. The fraction of sp³-hybridized carbons (Fsp3) is 0.227. The fourth-order valence-electron chi connectivity index (χ4n) is 3.60. The Kier molecular flexibility index (Phi) is 6.08. The molecule has 0 radical (unpaired) electrons. The van der Waals surface area contributed by atoms with E-state index in [1.807, 2.05) is 46.7 Å². The van der Waals surface area contributed by atoms with Crippen molar-refractivity contribution in [2.75, 3.05) is 20.8 Å². The number of hydrogen-bond donors (Lipinski definition) is 0. The second kappa shape index (κ2) is 8.73. The molecule has 2 aromatic heterocycles. The van der Waals surface area contributed by atoms with Crippen LogP contribution in [0.3, 0.4) is 0 Å². The maximum Gasteiger partial charge on any atom is 0.247 e. The maximum absolute atomic E-state index is 13.2. The number of fused-ring (bicyclic) bond motifs is 1. The molecule has 1 unspecified atom stereocenters. The third-order valence-electron chi connectivity index (χ3n) is 4.95. The summed E-state index contributed by atoms with van der Waals surface area (Å²) in [4.78, 5) is 17.3. The number of carbonyl (C=O) groups is 1. The van der Waals surface area contributed by atoms with Gasteiger partial charge in [0.15, 0.2) is 11.5 Å². The van der Waals surface area contributed by atoms with Gasteiger partial charge in [0.05, 0.1) is 24.0 Å². The van der Waals surface area contributed by atoms with E-state index in [1.54, 1.807) is 43.0 Å². The van der Waals surface area contributed by atoms with E-state index in [0.29, 0.717) is 12.3 Å². The minimum absolute atomic E-state index is 0.00774. The molecule has 1 aliphatic heterocycles. The highest BCUT2D eigenvalue weighted by Crippen LogP contribution is 2.42. The molecular formula is C22H20BrNO3S2. The maximum atomic E-state index is 13.2.